The predicted octanol–water partition coefficient (Wildman–Crippen LogP) is 9.05. The molecule has 1 heterocycles. The van der Waals surface area contributed by atoms with Crippen molar-refractivity contribution in [3.63, 3.8) is 0 Å². The molecular formula is C37H43BrClN5O2. The summed E-state index contributed by atoms with van der Waals surface area (Å²) in [4.78, 5) is 20.0. The van der Waals surface area contributed by atoms with E-state index in [1.807, 2.05) is 80.7 Å². The van der Waals surface area contributed by atoms with Crippen LogP contribution in [0.15, 0.2) is 92.6 Å². The Labute approximate surface area is 286 Å². The average Bonchev–Trinajstić information content (AvgIpc) is 3.04. The molecule has 3 aromatic carbocycles. The molecule has 4 aromatic rings. The van der Waals surface area contributed by atoms with Crippen LogP contribution in [0.1, 0.15) is 63.3 Å². The van der Waals surface area contributed by atoms with Crippen LogP contribution in [0.25, 0.3) is 10.9 Å². The van der Waals surface area contributed by atoms with Crippen LogP contribution in [-0.4, -0.2) is 48.2 Å². The van der Waals surface area contributed by atoms with E-state index >= 15 is 0 Å². The summed E-state index contributed by atoms with van der Waals surface area (Å²) in [7, 11) is 1.67. The van der Waals surface area contributed by atoms with Gasteiger partial charge in [-0.3, -0.25) is 14.8 Å². The molecule has 242 valence electrons. The van der Waals surface area contributed by atoms with Gasteiger partial charge in [-0.25, -0.2) is 0 Å². The van der Waals surface area contributed by atoms with Gasteiger partial charge < -0.3 is 10.1 Å². The predicted molar refractivity (Wildman–Crippen MR) is 197 cm³/mol. The molecule has 1 unspecified atom stereocenters. The third-order valence-corrected chi connectivity index (χ3v) is 8.22. The van der Waals surface area contributed by atoms with Crippen molar-refractivity contribution in [1.29, 1.82) is 0 Å². The number of aromatic nitrogens is 1. The topological polar surface area (TPSA) is 88.3 Å². The summed E-state index contributed by atoms with van der Waals surface area (Å²) in [5.74, 6) is 1.23. The molecule has 4 rings (SSSR count). The maximum absolute atomic E-state index is 10.8. The van der Waals surface area contributed by atoms with Crippen LogP contribution in [0.5, 0.6) is 5.75 Å². The van der Waals surface area contributed by atoms with Crippen LogP contribution in [0, 0.1) is 12.8 Å². The Bertz CT molecular complexity index is 1720. The number of carbonyl (C=O) groups excluding carboxylic acids is 1. The Morgan fingerprint density at radius 2 is 1.76 bits per heavy atom. The largest absolute Gasteiger partial charge is 0.497 e. The summed E-state index contributed by atoms with van der Waals surface area (Å²) < 4.78 is 6.47. The zero-order valence-corrected chi connectivity index (χ0v) is 30.0. The number of pyridine rings is 1. The summed E-state index contributed by atoms with van der Waals surface area (Å²) in [5, 5.41) is 13.3. The Balaban J connectivity index is 0.000000286. The van der Waals surface area contributed by atoms with E-state index in [2.05, 4.69) is 63.3 Å². The highest BCUT2D eigenvalue weighted by molar-refractivity contribution is 9.10. The second-order valence-corrected chi connectivity index (χ2v) is 12.5. The number of hydrogen-bond acceptors (Lipinski definition) is 6. The van der Waals surface area contributed by atoms with E-state index in [1.54, 1.807) is 7.11 Å². The van der Waals surface area contributed by atoms with E-state index in [9.17, 15) is 4.79 Å². The van der Waals surface area contributed by atoms with Gasteiger partial charge in [-0.1, -0.05) is 59.6 Å². The average molecular weight is 705 g/mol. The Kier molecular flexibility index (Phi) is 14.6. The van der Waals surface area contributed by atoms with E-state index < -0.39 is 0 Å². The molecule has 46 heavy (non-hydrogen) atoms. The number of carbonyl (C=O) groups is 1. The highest BCUT2D eigenvalue weighted by Crippen LogP contribution is 2.23. The molecule has 0 fully saturated rings. The van der Waals surface area contributed by atoms with Gasteiger partial charge in [-0.2, -0.15) is 10.2 Å². The van der Waals surface area contributed by atoms with Crippen LogP contribution in [0.3, 0.4) is 0 Å². The van der Waals surface area contributed by atoms with Gasteiger partial charge in [-0.05, 0) is 99.2 Å². The number of benzene rings is 3. The van der Waals surface area contributed by atoms with Gasteiger partial charge in [0, 0.05) is 51.4 Å². The number of nitrogens with one attached hydrogen (secondary N) is 1. The third-order valence-electron chi connectivity index (χ3n) is 7.48. The van der Waals surface area contributed by atoms with Crippen molar-refractivity contribution < 1.29 is 9.53 Å². The highest BCUT2D eigenvalue weighted by Gasteiger charge is 2.12. The zero-order valence-electron chi connectivity index (χ0n) is 27.7. The van der Waals surface area contributed by atoms with Gasteiger partial charge in [0.05, 0.1) is 30.6 Å². The lowest BCUT2D eigenvalue weighted by atomic mass is 9.97. The maximum Gasteiger partial charge on any atom is 0.216 e. The van der Waals surface area contributed by atoms with E-state index in [1.165, 1.54) is 6.92 Å². The number of hydrogen-bond donors (Lipinski definition) is 1. The second-order valence-electron chi connectivity index (χ2n) is 11.2. The van der Waals surface area contributed by atoms with Crippen molar-refractivity contribution in [3.05, 3.63) is 105 Å². The van der Waals surface area contributed by atoms with Crippen LogP contribution in [-0.2, 0) is 11.2 Å². The number of rotatable bonds is 11. The zero-order chi connectivity index (χ0) is 33.6. The first-order valence-electron chi connectivity index (χ1n) is 15.3. The second kappa shape index (κ2) is 18.3. The minimum atomic E-state index is 0.00138. The van der Waals surface area contributed by atoms with Crippen molar-refractivity contribution in [2.24, 2.45) is 21.1 Å². The van der Waals surface area contributed by atoms with Crippen molar-refractivity contribution >= 4 is 61.5 Å². The number of fused-ring (bicyclic) bond motifs is 1. The normalized spacial score (nSPS) is 12.8. The fraction of sp³-hybridized carbons (Fsp3) is 0.324. The standard InChI is InChI=1S/C24H30ClN3O.C13H13BrN2O/c1-7-16(2)19(5)28-27-18(4)15-26-24(20-9-11-21(25)12-10-20)23-14-22(29-6)13-8-17(23)3;1-9(17)15-5-4-10-6-11-7-12(14)2-3-13(11)16-8-10/h8-14,16H,7,15H2,1-6H3;2-3,6-8H,4-5H2,1H3,(H,15,17)/b26-24?,27-18+,28-19-;. The van der Waals surface area contributed by atoms with Crippen molar-refractivity contribution in [2.45, 2.75) is 54.4 Å². The molecule has 7 nitrogen and oxygen atoms in total. The monoisotopic (exact) mass is 703 g/mol. The number of nitrogens with zero attached hydrogens (tertiary/aromatic N) is 4. The molecule has 9 heteroatoms. The van der Waals surface area contributed by atoms with Gasteiger partial charge in [0.25, 0.3) is 0 Å². The quantitative estimate of drug-likeness (QED) is 0.125. The number of amides is 1. The summed E-state index contributed by atoms with van der Waals surface area (Å²) in [5.41, 5.74) is 8.05. The van der Waals surface area contributed by atoms with E-state index in [0.717, 1.165) is 73.4 Å². The fourth-order valence-electron chi connectivity index (χ4n) is 4.37. The number of aliphatic imine (C=N–C) groups is 1. The molecule has 0 radical (unpaired) electrons. The molecule has 0 bridgehead atoms. The molecule has 1 aromatic heterocycles. The Morgan fingerprint density at radius 3 is 2.43 bits per heavy atom. The van der Waals surface area contributed by atoms with Crippen LogP contribution < -0.4 is 10.1 Å². The SMILES string of the molecule is CC(=O)NCCc1cnc2ccc(Br)cc2c1.CCC(C)/C(C)=N\N=C(/C)CN=C(c1ccc(Cl)cc1)c1cc(OC)ccc1C. The lowest BCUT2D eigenvalue weighted by molar-refractivity contribution is -0.118. The smallest absolute Gasteiger partial charge is 0.216 e. The molecule has 0 saturated heterocycles. The Morgan fingerprint density at radius 1 is 1.02 bits per heavy atom. The minimum absolute atomic E-state index is 0.00138. The summed E-state index contributed by atoms with van der Waals surface area (Å²) >= 11 is 9.53. The van der Waals surface area contributed by atoms with Gasteiger partial charge in [0.15, 0.2) is 0 Å². The van der Waals surface area contributed by atoms with E-state index in [0.29, 0.717) is 24.0 Å². The van der Waals surface area contributed by atoms with Crippen molar-refractivity contribution in [2.75, 3.05) is 20.2 Å². The lowest BCUT2D eigenvalue weighted by Crippen LogP contribution is -2.22. The first-order valence-corrected chi connectivity index (χ1v) is 16.5. The highest BCUT2D eigenvalue weighted by atomic mass is 79.9. The first kappa shape index (κ1) is 36.6. The summed E-state index contributed by atoms with van der Waals surface area (Å²) in [6.07, 6.45) is 3.71. The number of aryl methyl sites for hydroxylation is 1. The van der Waals surface area contributed by atoms with Gasteiger partial charge in [0.2, 0.25) is 5.91 Å². The fourth-order valence-corrected chi connectivity index (χ4v) is 4.88. The molecule has 1 atom stereocenters. The van der Waals surface area contributed by atoms with Gasteiger partial charge in [-0.15, -0.1) is 0 Å². The van der Waals surface area contributed by atoms with Crippen LogP contribution >= 0.6 is 27.5 Å². The molecule has 0 aliphatic heterocycles. The lowest BCUT2D eigenvalue weighted by Gasteiger charge is -2.12. The minimum Gasteiger partial charge on any atom is -0.497 e. The number of methoxy groups -OCH3 is 1. The maximum atomic E-state index is 10.8. The van der Waals surface area contributed by atoms with Crippen LogP contribution in [0.4, 0.5) is 0 Å². The molecule has 0 spiro atoms. The summed E-state index contributed by atoms with van der Waals surface area (Å²) in [6.45, 7) is 13.0. The van der Waals surface area contributed by atoms with E-state index in [4.69, 9.17) is 21.3 Å². The molecule has 0 aliphatic carbocycles. The van der Waals surface area contributed by atoms with Gasteiger partial charge in [0.1, 0.15) is 5.75 Å². The van der Waals surface area contributed by atoms with Gasteiger partial charge >= 0.3 is 0 Å². The van der Waals surface area contributed by atoms with Crippen molar-refractivity contribution in [1.82, 2.24) is 10.3 Å². The molecule has 0 aliphatic rings. The first-order chi connectivity index (χ1) is 22.0. The van der Waals surface area contributed by atoms with Crippen LogP contribution in [0.2, 0.25) is 5.02 Å². The molecule has 1 N–H and O–H groups in total. The Hall–Kier alpha value is -3.88. The number of ether oxygens (including phenoxy) is 1. The van der Waals surface area contributed by atoms with Crippen molar-refractivity contribution in [3.8, 4) is 5.75 Å². The van der Waals surface area contributed by atoms with E-state index in [-0.39, 0.29) is 5.91 Å². The molecule has 0 saturated carbocycles. The number of halogens is 2. The third kappa shape index (κ3) is 11.5. The molecule has 1 amide bonds. The molecular weight excluding hydrogens is 662 g/mol. The summed E-state index contributed by atoms with van der Waals surface area (Å²) in [6, 6.07) is 21.8.